The Morgan fingerprint density at radius 1 is 1.10 bits per heavy atom. The number of hydrogen-bond donors (Lipinski definition) is 2. The van der Waals surface area contributed by atoms with Gasteiger partial charge in [0, 0.05) is 15.5 Å². The first kappa shape index (κ1) is 14.5. The molecule has 3 N–H and O–H groups in total. The van der Waals surface area contributed by atoms with Crippen LogP contribution in [0.1, 0.15) is 24.8 Å². The predicted molar refractivity (Wildman–Crippen MR) is 82.1 cm³/mol. The highest BCUT2D eigenvalue weighted by molar-refractivity contribution is 7.99. The van der Waals surface area contributed by atoms with E-state index in [0.717, 1.165) is 21.0 Å². The van der Waals surface area contributed by atoms with Gasteiger partial charge >= 0.3 is 5.97 Å². The van der Waals surface area contributed by atoms with Crippen LogP contribution in [0, 0.1) is 0 Å². The van der Waals surface area contributed by atoms with Crippen molar-refractivity contribution >= 4 is 23.4 Å². The smallest absolute Gasteiger partial charge is 0.310 e. The molecule has 2 aromatic rings. The van der Waals surface area contributed by atoms with Crippen molar-refractivity contribution in [3.8, 4) is 0 Å². The Bertz CT molecular complexity index is 578. The molecule has 1 unspecified atom stereocenters. The van der Waals surface area contributed by atoms with Crippen LogP contribution in [0.25, 0.3) is 0 Å². The third kappa shape index (κ3) is 3.54. The molecule has 2 rings (SSSR count). The van der Waals surface area contributed by atoms with Gasteiger partial charge in [-0.2, -0.15) is 0 Å². The maximum atomic E-state index is 11.1. The quantitative estimate of drug-likeness (QED) is 0.816. The fraction of sp³-hybridized carbons (Fsp3) is 0.188. The van der Waals surface area contributed by atoms with Crippen LogP contribution in [0.3, 0.4) is 0 Å². The summed E-state index contributed by atoms with van der Waals surface area (Å²) in [6.07, 6.45) is 0.597. The minimum Gasteiger partial charge on any atom is -0.481 e. The molecule has 0 radical (unpaired) electrons. The van der Waals surface area contributed by atoms with Gasteiger partial charge < -0.3 is 10.8 Å². The van der Waals surface area contributed by atoms with Gasteiger partial charge in [-0.25, -0.2) is 0 Å². The molecular formula is C16H17NO2S. The number of benzene rings is 2. The lowest BCUT2D eigenvalue weighted by Gasteiger charge is -2.10. The highest BCUT2D eigenvalue weighted by Crippen LogP contribution is 2.30. The second-order valence-electron chi connectivity index (χ2n) is 4.54. The van der Waals surface area contributed by atoms with Crippen molar-refractivity contribution in [1.82, 2.24) is 0 Å². The van der Waals surface area contributed by atoms with Crippen LogP contribution >= 0.6 is 11.8 Å². The van der Waals surface area contributed by atoms with Gasteiger partial charge in [0.15, 0.2) is 0 Å². The van der Waals surface area contributed by atoms with Gasteiger partial charge in [-0.15, -0.1) is 0 Å². The zero-order valence-electron chi connectivity index (χ0n) is 11.2. The molecule has 20 heavy (non-hydrogen) atoms. The number of carbonyl (C=O) groups is 1. The minimum absolute atomic E-state index is 0.425. The van der Waals surface area contributed by atoms with E-state index in [1.807, 2.05) is 55.5 Å². The molecule has 1 atom stereocenters. The summed E-state index contributed by atoms with van der Waals surface area (Å²) in [7, 11) is 0. The first-order valence-corrected chi connectivity index (χ1v) is 7.28. The van der Waals surface area contributed by atoms with E-state index >= 15 is 0 Å². The zero-order chi connectivity index (χ0) is 14.5. The molecule has 0 spiro atoms. The van der Waals surface area contributed by atoms with Crippen LogP contribution in [-0.4, -0.2) is 11.1 Å². The maximum Gasteiger partial charge on any atom is 0.310 e. The highest BCUT2D eigenvalue weighted by atomic mass is 32.2. The molecule has 0 amide bonds. The van der Waals surface area contributed by atoms with E-state index in [4.69, 9.17) is 10.8 Å². The summed E-state index contributed by atoms with van der Waals surface area (Å²) >= 11 is 1.63. The van der Waals surface area contributed by atoms with Gasteiger partial charge in [0.1, 0.15) is 0 Å². The molecule has 0 aliphatic carbocycles. The third-order valence-corrected chi connectivity index (χ3v) is 4.12. The Hall–Kier alpha value is -1.94. The zero-order valence-corrected chi connectivity index (χ0v) is 12.1. The summed E-state index contributed by atoms with van der Waals surface area (Å²) in [4.78, 5) is 13.3. The number of aliphatic carboxylic acids is 1. The van der Waals surface area contributed by atoms with E-state index in [1.165, 1.54) is 0 Å². The average Bonchev–Trinajstić information content (AvgIpc) is 2.44. The number of nitrogen functional groups attached to an aromatic ring is 1. The lowest BCUT2D eigenvalue weighted by Crippen LogP contribution is -2.10. The van der Waals surface area contributed by atoms with Crippen molar-refractivity contribution in [2.75, 3.05) is 5.73 Å². The van der Waals surface area contributed by atoms with Crippen molar-refractivity contribution in [1.29, 1.82) is 0 Å². The third-order valence-electron chi connectivity index (χ3n) is 3.10. The molecule has 0 aliphatic rings. The van der Waals surface area contributed by atoms with E-state index < -0.39 is 11.9 Å². The van der Waals surface area contributed by atoms with Crippen LogP contribution in [-0.2, 0) is 4.79 Å². The molecular weight excluding hydrogens is 270 g/mol. The summed E-state index contributed by atoms with van der Waals surface area (Å²) in [6.45, 7) is 1.88. The van der Waals surface area contributed by atoms with Crippen molar-refractivity contribution in [3.63, 3.8) is 0 Å². The van der Waals surface area contributed by atoms with Gasteiger partial charge in [-0.05, 0) is 48.4 Å². The summed E-state index contributed by atoms with van der Waals surface area (Å²) in [5, 5.41) is 9.14. The molecule has 0 fully saturated rings. The summed E-state index contributed by atoms with van der Waals surface area (Å²) < 4.78 is 0. The number of carboxylic acids is 1. The molecule has 0 saturated heterocycles. The molecule has 0 aliphatic heterocycles. The van der Waals surface area contributed by atoms with Gasteiger partial charge in [0.05, 0.1) is 5.92 Å². The standard InChI is InChI=1S/C16H17NO2S/c1-2-15(16(18)19)11-3-7-13(8-4-11)20-14-9-5-12(17)6-10-14/h3-10,15H,2,17H2,1H3,(H,18,19). The van der Waals surface area contributed by atoms with Gasteiger partial charge in [0.2, 0.25) is 0 Å². The first-order valence-electron chi connectivity index (χ1n) is 6.46. The second-order valence-corrected chi connectivity index (χ2v) is 5.69. The van der Waals surface area contributed by atoms with Gasteiger partial charge in [0.25, 0.3) is 0 Å². The first-order chi connectivity index (χ1) is 9.60. The van der Waals surface area contributed by atoms with E-state index in [1.54, 1.807) is 11.8 Å². The Balaban J connectivity index is 2.12. The normalized spacial score (nSPS) is 12.1. The number of rotatable bonds is 5. The number of anilines is 1. The van der Waals surface area contributed by atoms with Crippen LogP contribution in [0.5, 0.6) is 0 Å². The van der Waals surface area contributed by atoms with Gasteiger partial charge in [-0.3, -0.25) is 4.79 Å². The lowest BCUT2D eigenvalue weighted by molar-refractivity contribution is -0.138. The van der Waals surface area contributed by atoms with Crippen molar-refractivity contribution < 1.29 is 9.90 Å². The summed E-state index contributed by atoms with van der Waals surface area (Å²) in [6, 6.07) is 15.4. The fourth-order valence-electron chi connectivity index (χ4n) is 1.99. The van der Waals surface area contributed by atoms with Gasteiger partial charge in [-0.1, -0.05) is 30.8 Å². The number of hydrogen-bond acceptors (Lipinski definition) is 3. The molecule has 0 bridgehead atoms. The highest BCUT2D eigenvalue weighted by Gasteiger charge is 2.16. The van der Waals surface area contributed by atoms with Crippen LogP contribution in [0.4, 0.5) is 5.69 Å². The van der Waals surface area contributed by atoms with Crippen molar-refractivity contribution in [2.45, 2.75) is 29.1 Å². The number of carboxylic acid groups (broad SMARTS) is 1. The Morgan fingerprint density at radius 2 is 1.60 bits per heavy atom. The largest absolute Gasteiger partial charge is 0.481 e. The van der Waals surface area contributed by atoms with Crippen LogP contribution in [0.15, 0.2) is 58.3 Å². The molecule has 3 nitrogen and oxygen atoms in total. The van der Waals surface area contributed by atoms with E-state index in [-0.39, 0.29) is 0 Å². The van der Waals surface area contributed by atoms with Crippen molar-refractivity contribution in [2.24, 2.45) is 0 Å². The monoisotopic (exact) mass is 287 g/mol. The minimum atomic E-state index is -0.772. The molecule has 0 saturated carbocycles. The van der Waals surface area contributed by atoms with Crippen molar-refractivity contribution in [3.05, 3.63) is 54.1 Å². The predicted octanol–water partition coefficient (Wildman–Crippen LogP) is 4.00. The van der Waals surface area contributed by atoms with E-state index in [0.29, 0.717) is 6.42 Å². The van der Waals surface area contributed by atoms with E-state index in [9.17, 15) is 4.79 Å². The van der Waals surface area contributed by atoms with Crippen LogP contribution in [0.2, 0.25) is 0 Å². The second kappa shape index (κ2) is 6.48. The average molecular weight is 287 g/mol. The molecule has 104 valence electrons. The van der Waals surface area contributed by atoms with E-state index in [2.05, 4.69) is 0 Å². The SMILES string of the molecule is CCC(C(=O)O)c1ccc(Sc2ccc(N)cc2)cc1. The maximum absolute atomic E-state index is 11.1. The fourth-order valence-corrected chi connectivity index (χ4v) is 2.81. The topological polar surface area (TPSA) is 63.3 Å². The molecule has 2 aromatic carbocycles. The summed E-state index contributed by atoms with van der Waals surface area (Å²) in [5.74, 6) is -1.20. The Labute approximate surface area is 122 Å². The molecule has 4 heteroatoms. The Kier molecular flexibility index (Phi) is 4.69. The lowest BCUT2D eigenvalue weighted by atomic mass is 9.97. The molecule has 0 aromatic heterocycles. The summed E-state index contributed by atoms with van der Waals surface area (Å²) in [5.41, 5.74) is 7.25. The Morgan fingerprint density at radius 3 is 2.05 bits per heavy atom. The molecule has 0 heterocycles. The number of nitrogens with two attached hydrogens (primary N) is 1. The van der Waals surface area contributed by atoms with Crippen LogP contribution < -0.4 is 5.73 Å².